The number of hydrogen-bond acceptors (Lipinski definition) is 4. The molecule has 3 saturated carbocycles. The second kappa shape index (κ2) is 8.91. The normalized spacial score (nSPS) is 42.8. The third kappa shape index (κ3) is 4.06. The number of allylic oxidation sites excluding steroid dienone is 1. The highest BCUT2D eigenvalue weighted by Gasteiger charge is 2.58. The minimum atomic E-state index is -0.00612. The van der Waals surface area contributed by atoms with Crippen molar-refractivity contribution in [3.8, 4) is 0 Å². The van der Waals surface area contributed by atoms with Gasteiger partial charge in [-0.05, 0) is 94.0 Å². The summed E-state index contributed by atoms with van der Waals surface area (Å²) in [6.45, 7) is 10.6. The van der Waals surface area contributed by atoms with Crippen molar-refractivity contribution in [2.24, 2.45) is 28.6 Å². The van der Waals surface area contributed by atoms with Crippen LogP contribution in [0.3, 0.4) is 0 Å². The summed E-state index contributed by atoms with van der Waals surface area (Å²) in [6.07, 6.45) is 14.7. The molecule has 4 fully saturated rings. The lowest BCUT2D eigenvalue weighted by atomic mass is 9.47. The summed E-state index contributed by atoms with van der Waals surface area (Å²) >= 11 is 0. The van der Waals surface area contributed by atoms with Gasteiger partial charge in [0.25, 0.3) is 0 Å². The van der Waals surface area contributed by atoms with Crippen molar-refractivity contribution in [1.29, 1.82) is 0 Å². The van der Waals surface area contributed by atoms with Crippen molar-refractivity contribution < 1.29 is 14.3 Å². The van der Waals surface area contributed by atoms with E-state index in [0.717, 1.165) is 50.7 Å². The Morgan fingerprint density at radius 1 is 0.935 bits per heavy atom. The standard InChI is InChI=1S/C27H43NO3/c1-26-11-9-21(31-18-17-30-16-15-28-13-3-4-14-28)19-20(26)5-6-22-23-7-8-25(29)27(23,2)12-10-24(22)26/h19,21-24H,3-18H2,1-2H3/t21-,22?,23?,24?,26-,27-/m0/s1. The summed E-state index contributed by atoms with van der Waals surface area (Å²) in [5, 5.41) is 0. The van der Waals surface area contributed by atoms with E-state index in [2.05, 4.69) is 24.8 Å². The van der Waals surface area contributed by atoms with E-state index in [9.17, 15) is 4.79 Å². The van der Waals surface area contributed by atoms with Gasteiger partial charge >= 0.3 is 0 Å². The quantitative estimate of drug-likeness (QED) is 0.421. The van der Waals surface area contributed by atoms with Gasteiger partial charge in [-0.15, -0.1) is 0 Å². The van der Waals surface area contributed by atoms with Gasteiger partial charge in [0.05, 0.1) is 25.9 Å². The average molecular weight is 430 g/mol. The molecule has 0 aromatic carbocycles. The van der Waals surface area contributed by atoms with Crippen LogP contribution in [-0.2, 0) is 14.3 Å². The van der Waals surface area contributed by atoms with Gasteiger partial charge in [0.15, 0.2) is 0 Å². The molecule has 5 rings (SSSR count). The number of hydrogen-bond donors (Lipinski definition) is 0. The van der Waals surface area contributed by atoms with E-state index in [-0.39, 0.29) is 11.5 Å². The number of rotatable bonds is 7. The third-order valence-corrected chi connectivity index (χ3v) is 10.1. The largest absolute Gasteiger partial charge is 0.378 e. The molecule has 3 unspecified atom stereocenters. The van der Waals surface area contributed by atoms with Crippen LogP contribution in [-0.4, -0.2) is 56.2 Å². The molecule has 4 nitrogen and oxygen atoms in total. The zero-order valence-corrected chi connectivity index (χ0v) is 19.9. The number of ether oxygens (including phenoxy) is 2. The lowest BCUT2D eigenvalue weighted by Crippen LogP contribution is -2.50. The fraction of sp³-hybridized carbons (Fsp3) is 0.889. The maximum Gasteiger partial charge on any atom is 0.139 e. The van der Waals surface area contributed by atoms with Crippen LogP contribution in [0.15, 0.2) is 11.6 Å². The molecule has 1 saturated heterocycles. The van der Waals surface area contributed by atoms with Crippen molar-refractivity contribution in [2.75, 3.05) is 39.5 Å². The van der Waals surface area contributed by atoms with Crippen LogP contribution >= 0.6 is 0 Å². The lowest BCUT2D eigenvalue weighted by Gasteiger charge is -2.57. The first-order valence-corrected chi connectivity index (χ1v) is 13.2. The minimum absolute atomic E-state index is 0.00612. The van der Waals surface area contributed by atoms with Gasteiger partial charge in [-0.2, -0.15) is 0 Å². The van der Waals surface area contributed by atoms with Crippen molar-refractivity contribution in [3.63, 3.8) is 0 Å². The number of likely N-dealkylation sites (tertiary alicyclic amines) is 1. The first kappa shape index (κ1) is 22.1. The van der Waals surface area contributed by atoms with E-state index in [1.54, 1.807) is 5.57 Å². The summed E-state index contributed by atoms with van der Waals surface area (Å²) < 4.78 is 12.1. The Balaban J connectivity index is 1.12. The minimum Gasteiger partial charge on any atom is -0.378 e. The Bertz CT molecular complexity index is 699. The summed E-state index contributed by atoms with van der Waals surface area (Å²) in [5.74, 6) is 2.73. The molecule has 1 aliphatic heterocycles. The molecule has 31 heavy (non-hydrogen) atoms. The summed E-state index contributed by atoms with van der Waals surface area (Å²) in [6, 6.07) is 0. The lowest BCUT2D eigenvalue weighted by molar-refractivity contribution is -0.132. The Labute approximate surface area is 189 Å². The van der Waals surface area contributed by atoms with Gasteiger partial charge in [-0.1, -0.05) is 25.5 Å². The van der Waals surface area contributed by atoms with Crippen molar-refractivity contribution in [2.45, 2.75) is 84.2 Å². The summed E-state index contributed by atoms with van der Waals surface area (Å²) in [4.78, 5) is 15.1. The van der Waals surface area contributed by atoms with E-state index >= 15 is 0 Å². The van der Waals surface area contributed by atoms with E-state index in [1.165, 1.54) is 51.6 Å². The third-order valence-electron chi connectivity index (χ3n) is 10.1. The average Bonchev–Trinajstić information content (AvgIpc) is 3.38. The Morgan fingerprint density at radius 3 is 2.55 bits per heavy atom. The zero-order valence-electron chi connectivity index (χ0n) is 19.9. The van der Waals surface area contributed by atoms with Gasteiger partial charge in [0, 0.05) is 18.4 Å². The van der Waals surface area contributed by atoms with Crippen molar-refractivity contribution in [3.05, 3.63) is 11.6 Å². The number of Topliss-reactive ketones (excluding diaryl/α,β-unsaturated/α-hetero) is 1. The van der Waals surface area contributed by atoms with E-state index in [0.29, 0.717) is 30.3 Å². The number of nitrogens with zero attached hydrogens (tertiary/aromatic N) is 1. The topological polar surface area (TPSA) is 38.8 Å². The van der Waals surface area contributed by atoms with Gasteiger partial charge < -0.3 is 14.4 Å². The van der Waals surface area contributed by atoms with E-state index < -0.39 is 0 Å². The van der Waals surface area contributed by atoms with E-state index in [1.807, 2.05) is 0 Å². The molecule has 0 N–H and O–H groups in total. The molecule has 174 valence electrons. The predicted molar refractivity (Wildman–Crippen MR) is 123 cm³/mol. The number of carbonyl (C=O) groups excluding carboxylic acids is 1. The maximum absolute atomic E-state index is 12.6. The molecular weight excluding hydrogens is 386 g/mol. The van der Waals surface area contributed by atoms with Crippen LogP contribution in [0.5, 0.6) is 0 Å². The SMILES string of the molecule is C[C@]12CC[C@H](OCCOCCN3CCCC3)C=C1CCC1C2CC[C@]2(C)C(=O)CCC12. The van der Waals surface area contributed by atoms with Crippen LogP contribution in [0.4, 0.5) is 0 Å². The van der Waals surface area contributed by atoms with Gasteiger partial charge in [0.2, 0.25) is 0 Å². The molecule has 4 aliphatic carbocycles. The molecule has 0 spiro atoms. The molecule has 0 bridgehead atoms. The highest BCUT2D eigenvalue weighted by molar-refractivity contribution is 5.87. The van der Waals surface area contributed by atoms with Gasteiger partial charge in [0.1, 0.15) is 5.78 Å². The second-order valence-corrected chi connectivity index (χ2v) is 11.6. The molecule has 1 heterocycles. The molecule has 0 radical (unpaired) electrons. The number of fused-ring (bicyclic) bond motifs is 5. The number of carbonyl (C=O) groups is 1. The molecule has 6 atom stereocenters. The monoisotopic (exact) mass is 429 g/mol. The van der Waals surface area contributed by atoms with Gasteiger partial charge in [-0.25, -0.2) is 0 Å². The Kier molecular flexibility index (Phi) is 6.35. The summed E-state index contributed by atoms with van der Waals surface area (Å²) in [7, 11) is 0. The van der Waals surface area contributed by atoms with Gasteiger partial charge in [-0.3, -0.25) is 4.79 Å². The van der Waals surface area contributed by atoms with Crippen LogP contribution < -0.4 is 0 Å². The Hall–Kier alpha value is -0.710. The fourth-order valence-corrected chi connectivity index (χ4v) is 8.16. The Morgan fingerprint density at radius 2 is 1.71 bits per heavy atom. The smallest absolute Gasteiger partial charge is 0.139 e. The molecule has 0 amide bonds. The molecule has 4 heteroatoms. The van der Waals surface area contributed by atoms with Crippen molar-refractivity contribution in [1.82, 2.24) is 4.90 Å². The van der Waals surface area contributed by atoms with E-state index in [4.69, 9.17) is 9.47 Å². The zero-order chi connectivity index (χ0) is 21.5. The fourth-order valence-electron chi connectivity index (χ4n) is 8.16. The van der Waals surface area contributed by atoms with Crippen LogP contribution in [0, 0.1) is 28.6 Å². The highest BCUT2D eigenvalue weighted by Crippen LogP contribution is 2.64. The molecule has 0 aromatic heterocycles. The summed E-state index contributed by atoms with van der Waals surface area (Å²) in [5.41, 5.74) is 1.99. The van der Waals surface area contributed by atoms with Crippen LogP contribution in [0.2, 0.25) is 0 Å². The molecular formula is C27H43NO3. The first-order valence-electron chi connectivity index (χ1n) is 13.2. The highest BCUT2D eigenvalue weighted by atomic mass is 16.5. The molecule has 0 aromatic rings. The number of ketones is 1. The first-order chi connectivity index (χ1) is 15.0. The molecule has 5 aliphatic rings. The van der Waals surface area contributed by atoms with Crippen molar-refractivity contribution >= 4 is 5.78 Å². The van der Waals surface area contributed by atoms with Crippen LogP contribution in [0.1, 0.15) is 78.1 Å². The predicted octanol–water partition coefficient (Wildman–Crippen LogP) is 5.02. The van der Waals surface area contributed by atoms with Crippen LogP contribution in [0.25, 0.3) is 0 Å². The maximum atomic E-state index is 12.6. The second-order valence-electron chi connectivity index (χ2n) is 11.6.